The Hall–Kier alpha value is -1.13. The molecule has 1 aromatic rings. The maximum Gasteiger partial charge on any atom is 0.123 e. The second kappa shape index (κ2) is 7.34. The van der Waals surface area contributed by atoms with Gasteiger partial charge < -0.3 is 15.4 Å². The van der Waals surface area contributed by atoms with Gasteiger partial charge in [-0.25, -0.2) is 4.39 Å². The second-order valence-electron chi connectivity index (χ2n) is 4.50. The van der Waals surface area contributed by atoms with Crippen LogP contribution in [-0.4, -0.2) is 32.8 Å². The van der Waals surface area contributed by atoms with E-state index in [-0.39, 0.29) is 11.9 Å². The van der Waals surface area contributed by atoms with Crippen molar-refractivity contribution in [2.45, 2.75) is 19.9 Å². The third kappa shape index (κ3) is 3.68. The van der Waals surface area contributed by atoms with Crippen LogP contribution in [0.15, 0.2) is 24.3 Å². The highest BCUT2D eigenvalue weighted by Gasteiger charge is 2.22. The standard InChI is InChI=1S/C14H23FN2O/c1-4-17(13-7-5-12(15)6-8-13)14(9-16)11(2)10-18-3/h5-8,11,14H,4,9-10,16H2,1-3H3. The monoisotopic (exact) mass is 254 g/mol. The number of halogens is 1. The third-order valence-corrected chi connectivity index (χ3v) is 3.23. The first-order chi connectivity index (χ1) is 8.63. The van der Waals surface area contributed by atoms with Gasteiger partial charge >= 0.3 is 0 Å². The van der Waals surface area contributed by atoms with E-state index in [4.69, 9.17) is 10.5 Å². The smallest absolute Gasteiger partial charge is 0.123 e. The Morgan fingerprint density at radius 2 is 1.94 bits per heavy atom. The predicted octanol–water partition coefficient (Wildman–Crippen LogP) is 2.26. The molecule has 2 N–H and O–H groups in total. The molecule has 2 unspecified atom stereocenters. The summed E-state index contributed by atoms with van der Waals surface area (Å²) in [6.07, 6.45) is 0. The van der Waals surface area contributed by atoms with Crippen molar-refractivity contribution in [1.29, 1.82) is 0 Å². The van der Waals surface area contributed by atoms with Crippen LogP contribution in [0.1, 0.15) is 13.8 Å². The van der Waals surface area contributed by atoms with E-state index in [1.54, 1.807) is 19.2 Å². The Bertz CT molecular complexity index is 342. The molecule has 0 spiro atoms. The molecule has 18 heavy (non-hydrogen) atoms. The van der Waals surface area contributed by atoms with E-state index in [0.29, 0.717) is 19.1 Å². The molecule has 0 aliphatic rings. The van der Waals surface area contributed by atoms with Crippen LogP contribution in [0.2, 0.25) is 0 Å². The Morgan fingerprint density at radius 1 is 1.33 bits per heavy atom. The molecular formula is C14H23FN2O. The molecule has 4 heteroatoms. The summed E-state index contributed by atoms with van der Waals surface area (Å²) in [5, 5.41) is 0. The van der Waals surface area contributed by atoms with Gasteiger partial charge in [-0.05, 0) is 31.2 Å². The van der Waals surface area contributed by atoms with Crippen LogP contribution in [0.4, 0.5) is 10.1 Å². The van der Waals surface area contributed by atoms with Gasteiger partial charge in [-0.3, -0.25) is 0 Å². The Morgan fingerprint density at radius 3 is 2.39 bits per heavy atom. The van der Waals surface area contributed by atoms with Gasteiger partial charge in [-0.15, -0.1) is 0 Å². The number of rotatable bonds is 7. The largest absolute Gasteiger partial charge is 0.384 e. The predicted molar refractivity (Wildman–Crippen MR) is 73.3 cm³/mol. The summed E-state index contributed by atoms with van der Waals surface area (Å²) in [6.45, 7) is 6.25. The minimum Gasteiger partial charge on any atom is -0.384 e. The molecule has 0 saturated heterocycles. The first-order valence-corrected chi connectivity index (χ1v) is 6.35. The van der Waals surface area contributed by atoms with Crippen molar-refractivity contribution in [3.8, 4) is 0 Å². The fourth-order valence-corrected chi connectivity index (χ4v) is 2.28. The molecule has 0 aliphatic heterocycles. The second-order valence-corrected chi connectivity index (χ2v) is 4.50. The number of hydrogen-bond acceptors (Lipinski definition) is 3. The summed E-state index contributed by atoms with van der Waals surface area (Å²) in [5.74, 6) is 0.106. The van der Waals surface area contributed by atoms with Crippen molar-refractivity contribution in [3.05, 3.63) is 30.1 Å². The number of hydrogen-bond donors (Lipinski definition) is 1. The van der Waals surface area contributed by atoms with E-state index in [1.165, 1.54) is 12.1 Å². The lowest BCUT2D eigenvalue weighted by Crippen LogP contribution is -2.46. The molecule has 0 amide bonds. The van der Waals surface area contributed by atoms with E-state index in [9.17, 15) is 4.39 Å². The number of nitrogens with zero attached hydrogens (tertiary/aromatic N) is 1. The van der Waals surface area contributed by atoms with Crippen molar-refractivity contribution in [2.75, 3.05) is 31.7 Å². The molecule has 0 fully saturated rings. The third-order valence-electron chi connectivity index (χ3n) is 3.23. The molecule has 0 bridgehead atoms. The fourth-order valence-electron chi connectivity index (χ4n) is 2.28. The van der Waals surface area contributed by atoms with Crippen molar-refractivity contribution in [3.63, 3.8) is 0 Å². The Balaban J connectivity index is 2.88. The van der Waals surface area contributed by atoms with Crippen LogP contribution in [0, 0.1) is 11.7 Å². The fraction of sp³-hybridized carbons (Fsp3) is 0.571. The molecule has 0 radical (unpaired) electrons. The number of benzene rings is 1. The molecule has 0 aliphatic carbocycles. The summed E-state index contributed by atoms with van der Waals surface area (Å²) in [5.41, 5.74) is 6.87. The summed E-state index contributed by atoms with van der Waals surface area (Å²) in [7, 11) is 1.69. The van der Waals surface area contributed by atoms with Gasteiger partial charge in [0, 0.05) is 37.8 Å². The summed E-state index contributed by atoms with van der Waals surface area (Å²) >= 11 is 0. The molecule has 3 nitrogen and oxygen atoms in total. The normalized spacial score (nSPS) is 14.3. The molecule has 1 rings (SSSR count). The zero-order chi connectivity index (χ0) is 13.5. The van der Waals surface area contributed by atoms with Crippen LogP contribution in [-0.2, 0) is 4.74 Å². The number of ether oxygens (including phenoxy) is 1. The average molecular weight is 254 g/mol. The first kappa shape index (κ1) is 14.9. The molecule has 102 valence electrons. The minimum atomic E-state index is -0.218. The maximum absolute atomic E-state index is 13.0. The molecule has 0 heterocycles. The lowest BCUT2D eigenvalue weighted by Gasteiger charge is -2.35. The average Bonchev–Trinajstić information content (AvgIpc) is 2.37. The van der Waals surface area contributed by atoms with E-state index in [2.05, 4.69) is 18.7 Å². The van der Waals surface area contributed by atoms with Crippen molar-refractivity contribution >= 4 is 5.69 Å². The van der Waals surface area contributed by atoms with Gasteiger partial charge in [0.15, 0.2) is 0 Å². The highest BCUT2D eigenvalue weighted by molar-refractivity contribution is 5.47. The van der Waals surface area contributed by atoms with Gasteiger partial charge in [-0.1, -0.05) is 6.92 Å². The Labute approximate surface area is 109 Å². The van der Waals surface area contributed by atoms with Crippen LogP contribution >= 0.6 is 0 Å². The van der Waals surface area contributed by atoms with E-state index in [1.807, 2.05) is 0 Å². The van der Waals surface area contributed by atoms with Gasteiger partial charge in [0.1, 0.15) is 5.82 Å². The molecular weight excluding hydrogens is 231 g/mol. The lowest BCUT2D eigenvalue weighted by atomic mass is 10.0. The van der Waals surface area contributed by atoms with Crippen molar-refractivity contribution < 1.29 is 9.13 Å². The molecule has 0 saturated carbocycles. The van der Waals surface area contributed by atoms with Gasteiger partial charge in [0.25, 0.3) is 0 Å². The van der Waals surface area contributed by atoms with Crippen LogP contribution < -0.4 is 10.6 Å². The van der Waals surface area contributed by atoms with Gasteiger partial charge in [0.05, 0.1) is 6.61 Å². The maximum atomic E-state index is 13.0. The number of anilines is 1. The molecule has 2 atom stereocenters. The highest BCUT2D eigenvalue weighted by Crippen LogP contribution is 2.21. The minimum absolute atomic E-state index is 0.195. The van der Waals surface area contributed by atoms with E-state index >= 15 is 0 Å². The quantitative estimate of drug-likeness (QED) is 0.811. The van der Waals surface area contributed by atoms with Crippen LogP contribution in [0.25, 0.3) is 0 Å². The van der Waals surface area contributed by atoms with Gasteiger partial charge in [-0.2, -0.15) is 0 Å². The zero-order valence-electron chi connectivity index (χ0n) is 11.4. The Kier molecular flexibility index (Phi) is 6.09. The molecule has 0 aromatic heterocycles. The first-order valence-electron chi connectivity index (χ1n) is 6.35. The van der Waals surface area contributed by atoms with E-state index in [0.717, 1.165) is 12.2 Å². The van der Waals surface area contributed by atoms with Gasteiger partial charge in [0.2, 0.25) is 0 Å². The highest BCUT2D eigenvalue weighted by atomic mass is 19.1. The number of nitrogens with two attached hydrogens (primary N) is 1. The topological polar surface area (TPSA) is 38.5 Å². The van der Waals surface area contributed by atoms with Crippen LogP contribution in [0.5, 0.6) is 0 Å². The van der Waals surface area contributed by atoms with E-state index < -0.39 is 0 Å². The molecule has 1 aromatic carbocycles. The zero-order valence-corrected chi connectivity index (χ0v) is 11.4. The summed E-state index contributed by atoms with van der Waals surface area (Å²) in [6, 6.07) is 6.74. The van der Waals surface area contributed by atoms with Crippen molar-refractivity contribution in [2.24, 2.45) is 11.7 Å². The summed E-state index contributed by atoms with van der Waals surface area (Å²) in [4.78, 5) is 2.20. The number of likely N-dealkylation sites (N-methyl/N-ethyl adjacent to an activating group) is 1. The number of methoxy groups -OCH3 is 1. The summed E-state index contributed by atoms with van der Waals surface area (Å²) < 4.78 is 18.1. The van der Waals surface area contributed by atoms with Crippen LogP contribution in [0.3, 0.4) is 0 Å². The SMILES string of the molecule is CCN(c1ccc(F)cc1)C(CN)C(C)COC. The lowest BCUT2D eigenvalue weighted by molar-refractivity contribution is 0.146. The van der Waals surface area contributed by atoms with Crippen molar-refractivity contribution in [1.82, 2.24) is 0 Å².